The summed E-state index contributed by atoms with van der Waals surface area (Å²) in [6, 6.07) is 24.8. The molecule has 3 rings (SSSR count). The highest BCUT2D eigenvalue weighted by Crippen LogP contribution is 2.30. The van der Waals surface area contributed by atoms with Crippen molar-refractivity contribution in [1.82, 2.24) is 0 Å². The van der Waals surface area contributed by atoms with Crippen LogP contribution in [0.5, 0.6) is 0 Å². The molecule has 0 bridgehead atoms. The predicted octanol–water partition coefficient (Wildman–Crippen LogP) is 5.88. The highest BCUT2D eigenvalue weighted by Gasteiger charge is 2.36. The van der Waals surface area contributed by atoms with Crippen LogP contribution in [0.3, 0.4) is 0 Å². The first-order valence-electron chi connectivity index (χ1n) is 10.4. The van der Waals surface area contributed by atoms with Crippen LogP contribution >= 0.6 is 11.6 Å². The molecule has 0 amide bonds. The second-order valence-corrected chi connectivity index (χ2v) is 7.88. The molecule has 6 heteroatoms. The van der Waals surface area contributed by atoms with Crippen molar-refractivity contribution >= 4 is 35.3 Å². The fourth-order valence-corrected chi connectivity index (χ4v) is 3.73. The molecule has 0 N–H and O–H groups in total. The lowest BCUT2D eigenvalue weighted by atomic mass is 9.80. The Kier molecular flexibility index (Phi) is 8.44. The quantitative estimate of drug-likeness (QED) is 0.164. The highest BCUT2D eigenvalue weighted by atomic mass is 35.5. The molecule has 3 aromatic rings. The summed E-state index contributed by atoms with van der Waals surface area (Å²) in [4.78, 5) is 37.5. The summed E-state index contributed by atoms with van der Waals surface area (Å²) in [6.45, 7) is -0.582. The van der Waals surface area contributed by atoms with Crippen LogP contribution in [-0.4, -0.2) is 23.0 Å². The van der Waals surface area contributed by atoms with Gasteiger partial charge in [-0.25, -0.2) is 0 Å². The van der Waals surface area contributed by atoms with Crippen molar-refractivity contribution < 1.29 is 14.5 Å². The third kappa shape index (κ3) is 7.09. The molecular formula is C27H22ClNO4. The van der Waals surface area contributed by atoms with Gasteiger partial charge >= 0.3 is 0 Å². The first-order valence-corrected chi connectivity index (χ1v) is 10.7. The van der Waals surface area contributed by atoms with Gasteiger partial charge in [0.2, 0.25) is 6.54 Å². The zero-order valence-corrected chi connectivity index (χ0v) is 18.5. The molecule has 0 heterocycles. The molecule has 0 aliphatic heterocycles. The maximum Gasteiger partial charge on any atom is 0.211 e. The van der Waals surface area contributed by atoms with Gasteiger partial charge in [-0.2, -0.15) is 0 Å². The van der Waals surface area contributed by atoms with E-state index in [0.29, 0.717) is 10.6 Å². The van der Waals surface area contributed by atoms with Crippen molar-refractivity contribution in [2.45, 2.75) is 5.92 Å². The number of hydrogen-bond donors (Lipinski definition) is 0. The minimum atomic E-state index is -1.27. The van der Waals surface area contributed by atoms with Gasteiger partial charge in [-0.05, 0) is 41.0 Å². The number of carbonyl (C=O) groups is 2. The Morgan fingerprint density at radius 3 is 1.79 bits per heavy atom. The van der Waals surface area contributed by atoms with Gasteiger partial charge in [0.1, 0.15) is 0 Å². The van der Waals surface area contributed by atoms with E-state index in [0.717, 1.165) is 11.1 Å². The van der Waals surface area contributed by atoms with E-state index in [9.17, 15) is 19.7 Å². The second kappa shape index (κ2) is 11.7. The van der Waals surface area contributed by atoms with Crippen LogP contribution in [0.1, 0.15) is 22.6 Å². The zero-order chi connectivity index (χ0) is 23.6. The molecule has 0 aliphatic carbocycles. The smallest absolute Gasteiger partial charge is 0.211 e. The Morgan fingerprint density at radius 2 is 1.33 bits per heavy atom. The summed E-state index contributed by atoms with van der Waals surface area (Å²) in [5.74, 6) is -3.25. The topological polar surface area (TPSA) is 77.3 Å². The van der Waals surface area contributed by atoms with E-state index >= 15 is 0 Å². The minimum Gasteiger partial charge on any atom is -0.294 e. The molecule has 33 heavy (non-hydrogen) atoms. The number of carbonyl (C=O) groups excluding carboxylic acids is 2. The number of nitrogens with zero attached hydrogens (tertiary/aromatic N) is 1. The summed E-state index contributed by atoms with van der Waals surface area (Å²) >= 11 is 6.10. The van der Waals surface area contributed by atoms with Gasteiger partial charge in [-0.1, -0.05) is 96.5 Å². The van der Waals surface area contributed by atoms with Gasteiger partial charge in [-0.15, -0.1) is 0 Å². The number of nitro groups is 1. The molecule has 3 aromatic carbocycles. The Morgan fingerprint density at radius 1 is 0.818 bits per heavy atom. The summed E-state index contributed by atoms with van der Waals surface area (Å²) < 4.78 is 0. The first kappa shape index (κ1) is 23.8. The van der Waals surface area contributed by atoms with E-state index < -0.39 is 34.9 Å². The number of hydrogen-bond acceptors (Lipinski definition) is 4. The molecule has 0 radical (unpaired) electrons. The monoisotopic (exact) mass is 459 g/mol. The zero-order valence-electron chi connectivity index (χ0n) is 17.7. The molecular weight excluding hydrogens is 438 g/mol. The maximum absolute atomic E-state index is 13.3. The summed E-state index contributed by atoms with van der Waals surface area (Å²) in [7, 11) is 0. The van der Waals surface area contributed by atoms with Crippen molar-refractivity contribution in [2.75, 3.05) is 6.54 Å². The van der Waals surface area contributed by atoms with Gasteiger partial charge < -0.3 is 0 Å². The van der Waals surface area contributed by atoms with Gasteiger partial charge in [0, 0.05) is 9.95 Å². The Bertz CT molecular complexity index is 1110. The maximum atomic E-state index is 13.3. The molecule has 0 saturated carbocycles. The number of ketones is 2. The average molecular weight is 460 g/mol. The van der Waals surface area contributed by atoms with Crippen molar-refractivity contribution in [2.24, 2.45) is 5.92 Å². The van der Waals surface area contributed by atoms with Crippen molar-refractivity contribution in [1.29, 1.82) is 0 Å². The van der Waals surface area contributed by atoms with Crippen LogP contribution < -0.4 is 0 Å². The largest absolute Gasteiger partial charge is 0.294 e. The molecule has 0 saturated heterocycles. The van der Waals surface area contributed by atoms with E-state index in [1.54, 1.807) is 36.4 Å². The van der Waals surface area contributed by atoms with Crippen LogP contribution in [0, 0.1) is 16.0 Å². The van der Waals surface area contributed by atoms with Gasteiger partial charge in [0.25, 0.3) is 0 Å². The number of benzene rings is 3. The number of rotatable bonds is 10. The van der Waals surface area contributed by atoms with E-state index in [-0.39, 0.29) is 0 Å². The third-order valence-electron chi connectivity index (χ3n) is 5.12. The highest BCUT2D eigenvalue weighted by molar-refractivity contribution is 6.30. The van der Waals surface area contributed by atoms with E-state index in [1.807, 2.05) is 60.7 Å². The molecule has 5 nitrogen and oxygen atoms in total. The van der Waals surface area contributed by atoms with Crippen molar-refractivity contribution in [3.05, 3.63) is 129 Å². The molecule has 0 aliphatic rings. The van der Waals surface area contributed by atoms with E-state index in [2.05, 4.69) is 0 Å². The van der Waals surface area contributed by atoms with Crippen LogP contribution in [0.4, 0.5) is 0 Å². The first-order chi connectivity index (χ1) is 15.9. The normalized spacial score (nSPS) is 12.3. The van der Waals surface area contributed by atoms with Gasteiger partial charge in [-0.3, -0.25) is 19.7 Å². The van der Waals surface area contributed by atoms with Crippen LogP contribution in [0.15, 0.2) is 97.1 Å². The predicted molar refractivity (Wildman–Crippen MR) is 131 cm³/mol. The lowest BCUT2D eigenvalue weighted by Gasteiger charge is -2.21. The molecule has 0 unspecified atom stereocenters. The Hall–Kier alpha value is -3.83. The molecule has 1 atom stereocenters. The lowest BCUT2D eigenvalue weighted by Crippen LogP contribution is -2.32. The fourth-order valence-electron chi connectivity index (χ4n) is 3.53. The minimum absolute atomic E-state index is 0.374. The van der Waals surface area contributed by atoms with Crippen LogP contribution in [0.2, 0.25) is 5.02 Å². The molecule has 166 valence electrons. The number of allylic oxidation sites excluding steroid dienone is 2. The Balaban J connectivity index is 2.00. The van der Waals surface area contributed by atoms with Gasteiger partial charge in [0.05, 0.1) is 11.8 Å². The van der Waals surface area contributed by atoms with E-state index in [1.165, 1.54) is 12.2 Å². The Labute approximate surface area is 197 Å². The van der Waals surface area contributed by atoms with Crippen molar-refractivity contribution in [3.8, 4) is 0 Å². The number of halogens is 1. The molecule has 0 aromatic heterocycles. The molecule has 0 fully saturated rings. The summed E-state index contributed by atoms with van der Waals surface area (Å²) in [5.41, 5.74) is 2.03. The average Bonchev–Trinajstić information content (AvgIpc) is 2.82. The van der Waals surface area contributed by atoms with Crippen LogP contribution in [-0.2, 0) is 9.59 Å². The van der Waals surface area contributed by atoms with Gasteiger partial charge in [0.15, 0.2) is 11.6 Å². The molecule has 0 spiro atoms. The summed E-state index contributed by atoms with van der Waals surface area (Å²) in [5, 5.41) is 11.9. The van der Waals surface area contributed by atoms with Crippen LogP contribution in [0.25, 0.3) is 12.2 Å². The van der Waals surface area contributed by atoms with E-state index in [4.69, 9.17) is 11.6 Å². The second-order valence-electron chi connectivity index (χ2n) is 7.45. The standard InChI is InChI=1S/C27H22ClNO4/c28-23-13-7-12-22(18-23)24(19-29(32)33)27(25(30)16-14-20-8-3-1-4-9-20)26(31)17-15-21-10-5-2-6-11-21/h1-18,24,27H,19H2/b16-14+,17-15+/t24-/m0/s1. The van der Waals surface area contributed by atoms with Crippen molar-refractivity contribution in [3.63, 3.8) is 0 Å². The lowest BCUT2D eigenvalue weighted by molar-refractivity contribution is -0.484. The summed E-state index contributed by atoms with van der Waals surface area (Å²) in [6.07, 6.45) is 5.83. The fraction of sp³-hybridized carbons (Fsp3) is 0.111. The third-order valence-corrected chi connectivity index (χ3v) is 5.35. The SMILES string of the molecule is O=C(/C=C/c1ccccc1)C(C(=O)/C=C/c1ccccc1)[C@@H](C[N+](=O)[O-])c1cccc(Cl)c1.